The molecule has 8 nitrogen and oxygen atoms in total. The molecule has 2 aromatic rings. The van der Waals surface area contributed by atoms with Gasteiger partial charge >= 0.3 is 5.97 Å². The highest BCUT2D eigenvalue weighted by Gasteiger charge is 2.27. The number of piperazine rings is 1. The van der Waals surface area contributed by atoms with Crippen molar-refractivity contribution >= 4 is 39.8 Å². The van der Waals surface area contributed by atoms with Gasteiger partial charge in [0, 0.05) is 31.9 Å². The largest absolute Gasteiger partial charge is 0.459 e. The van der Waals surface area contributed by atoms with Gasteiger partial charge in [0.2, 0.25) is 5.91 Å². The van der Waals surface area contributed by atoms with Gasteiger partial charge < -0.3 is 20.7 Å². The molecule has 3 rings (SSSR count). The second-order valence-corrected chi connectivity index (χ2v) is 9.20. The van der Waals surface area contributed by atoms with Crippen LogP contribution in [0.4, 0.5) is 10.7 Å². The molecule has 3 N–H and O–H groups in total. The second kappa shape index (κ2) is 10.1. The molecule has 0 spiro atoms. The Morgan fingerprint density at radius 3 is 2.38 bits per heavy atom. The third-order valence-electron chi connectivity index (χ3n) is 5.37. The van der Waals surface area contributed by atoms with Crippen LogP contribution < -0.4 is 16.0 Å². The molecule has 1 aliphatic heterocycles. The number of carbonyl (C=O) groups is 3. The molecule has 0 atom stereocenters. The third-order valence-corrected chi connectivity index (χ3v) is 6.59. The Bertz CT molecular complexity index is 1010. The summed E-state index contributed by atoms with van der Waals surface area (Å²) in [6.45, 7) is 10.6. The minimum absolute atomic E-state index is 0.190. The first kappa shape index (κ1) is 23.7. The third kappa shape index (κ3) is 5.46. The number of nitrogens with zero attached hydrogens (tertiary/aromatic N) is 2. The summed E-state index contributed by atoms with van der Waals surface area (Å²) in [6, 6.07) is 8.28. The smallest absolute Gasteiger partial charge is 0.341 e. The molecule has 1 aromatic heterocycles. The lowest BCUT2D eigenvalue weighted by atomic mass is 10.1. The number of hydrogen-bond donors (Lipinski definition) is 2. The lowest BCUT2D eigenvalue weighted by Crippen LogP contribution is -2.48. The molecule has 0 saturated carbocycles. The average Bonchev–Trinajstić information content (AvgIpc) is 3.04. The Balaban J connectivity index is 1.65. The summed E-state index contributed by atoms with van der Waals surface area (Å²) >= 11 is 1.01. The van der Waals surface area contributed by atoms with Crippen molar-refractivity contribution in [3.63, 3.8) is 0 Å². The number of para-hydroxylation sites is 1. The molecular weight excluding hydrogens is 428 g/mol. The van der Waals surface area contributed by atoms with Crippen molar-refractivity contribution in [2.75, 3.05) is 42.9 Å². The second-order valence-electron chi connectivity index (χ2n) is 8.18. The fraction of sp³-hybridized carbons (Fsp3) is 0.435. The molecule has 172 valence electrons. The van der Waals surface area contributed by atoms with Crippen molar-refractivity contribution in [1.82, 2.24) is 4.90 Å². The van der Waals surface area contributed by atoms with E-state index in [1.165, 1.54) is 11.3 Å². The van der Waals surface area contributed by atoms with Crippen molar-refractivity contribution in [3.05, 3.63) is 45.8 Å². The molecule has 0 radical (unpaired) electrons. The molecule has 0 aliphatic carbocycles. The maximum absolute atomic E-state index is 12.7. The summed E-state index contributed by atoms with van der Waals surface area (Å²) < 4.78 is 5.29. The maximum Gasteiger partial charge on any atom is 0.341 e. The van der Waals surface area contributed by atoms with E-state index in [4.69, 9.17) is 10.5 Å². The van der Waals surface area contributed by atoms with Gasteiger partial charge in [0.05, 0.1) is 23.1 Å². The topological polar surface area (TPSA) is 105 Å². The van der Waals surface area contributed by atoms with E-state index in [1.807, 2.05) is 12.1 Å². The van der Waals surface area contributed by atoms with E-state index < -0.39 is 11.9 Å². The van der Waals surface area contributed by atoms with E-state index in [1.54, 1.807) is 20.8 Å². The number of anilines is 2. The fourth-order valence-corrected chi connectivity index (χ4v) is 4.85. The summed E-state index contributed by atoms with van der Waals surface area (Å²) in [5.41, 5.74) is 8.51. The molecule has 1 aliphatic rings. The van der Waals surface area contributed by atoms with E-state index >= 15 is 0 Å². The van der Waals surface area contributed by atoms with E-state index in [9.17, 15) is 14.4 Å². The van der Waals surface area contributed by atoms with Gasteiger partial charge in [-0.3, -0.25) is 14.5 Å². The quantitative estimate of drug-likeness (QED) is 0.618. The number of esters is 1. The summed E-state index contributed by atoms with van der Waals surface area (Å²) in [7, 11) is 0. The highest BCUT2D eigenvalue weighted by molar-refractivity contribution is 7.18. The lowest BCUT2D eigenvalue weighted by molar-refractivity contribution is -0.117. The summed E-state index contributed by atoms with van der Waals surface area (Å²) in [5, 5.41) is 3.09. The number of amides is 2. The Labute approximate surface area is 192 Å². The minimum Gasteiger partial charge on any atom is -0.459 e. The average molecular weight is 459 g/mol. The number of thiophene rings is 1. The molecule has 32 heavy (non-hydrogen) atoms. The zero-order valence-corrected chi connectivity index (χ0v) is 19.8. The SMILES string of the molecule is Cc1ccccc1N1CCN(CC(=O)Nc2sc(C(N)=O)c(C)c2C(=O)OC(C)C)CC1. The van der Waals surface area contributed by atoms with E-state index in [0.717, 1.165) is 37.5 Å². The van der Waals surface area contributed by atoms with Gasteiger partial charge in [-0.05, 0) is 44.9 Å². The van der Waals surface area contributed by atoms with Crippen molar-refractivity contribution in [3.8, 4) is 0 Å². The van der Waals surface area contributed by atoms with Crippen LogP contribution in [0.5, 0.6) is 0 Å². The molecule has 1 aromatic carbocycles. The molecule has 2 heterocycles. The first-order valence-corrected chi connectivity index (χ1v) is 11.5. The van der Waals surface area contributed by atoms with Crippen LogP contribution in [0.15, 0.2) is 24.3 Å². The number of hydrogen-bond acceptors (Lipinski definition) is 7. The van der Waals surface area contributed by atoms with Gasteiger partial charge in [-0.1, -0.05) is 18.2 Å². The number of rotatable bonds is 7. The van der Waals surface area contributed by atoms with Gasteiger partial charge in [-0.25, -0.2) is 4.79 Å². The van der Waals surface area contributed by atoms with Crippen LogP contribution in [0.1, 0.15) is 45.0 Å². The van der Waals surface area contributed by atoms with E-state index in [0.29, 0.717) is 10.6 Å². The molecule has 1 saturated heterocycles. The Morgan fingerprint density at radius 2 is 1.78 bits per heavy atom. The molecule has 2 amide bonds. The molecule has 0 bridgehead atoms. The van der Waals surface area contributed by atoms with Gasteiger partial charge in [0.1, 0.15) is 5.00 Å². The van der Waals surface area contributed by atoms with Crippen molar-refractivity contribution in [1.29, 1.82) is 0 Å². The van der Waals surface area contributed by atoms with Gasteiger partial charge in [0.25, 0.3) is 5.91 Å². The maximum atomic E-state index is 12.7. The molecule has 1 fully saturated rings. The van der Waals surface area contributed by atoms with Crippen LogP contribution in [0.3, 0.4) is 0 Å². The summed E-state index contributed by atoms with van der Waals surface area (Å²) in [6.07, 6.45) is -0.327. The van der Waals surface area contributed by atoms with Crippen LogP contribution in [-0.2, 0) is 9.53 Å². The zero-order chi connectivity index (χ0) is 23.4. The number of ether oxygens (including phenoxy) is 1. The van der Waals surface area contributed by atoms with Crippen molar-refractivity contribution in [2.24, 2.45) is 5.73 Å². The normalized spacial score (nSPS) is 14.5. The number of benzene rings is 1. The van der Waals surface area contributed by atoms with E-state index in [-0.39, 0.29) is 29.0 Å². The van der Waals surface area contributed by atoms with Crippen LogP contribution in [0, 0.1) is 13.8 Å². The predicted octanol–water partition coefficient (Wildman–Crippen LogP) is 2.79. The Hall–Kier alpha value is -2.91. The predicted molar refractivity (Wildman–Crippen MR) is 127 cm³/mol. The minimum atomic E-state index is -0.640. The van der Waals surface area contributed by atoms with Crippen LogP contribution >= 0.6 is 11.3 Å². The van der Waals surface area contributed by atoms with Gasteiger partial charge in [-0.2, -0.15) is 0 Å². The molecular formula is C23H30N4O4S. The van der Waals surface area contributed by atoms with E-state index in [2.05, 4.69) is 34.2 Å². The van der Waals surface area contributed by atoms with Crippen molar-refractivity contribution in [2.45, 2.75) is 33.8 Å². The van der Waals surface area contributed by atoms with Crippen LogP contribution in [0.2, 0.25) is 0 Å². The first-order chi connectivity index (χ1) is 15.2. The van der Waals surface area contributed by atoms with Gasteiger partial charge in [-0.15, -0.1) is 11.3 Å². The van der Waals surface area contributed by atoms with Crippen LogP contribution in [-0.4, -0.2) is 61.5 Å². The Morgan fingerprint density at radius 1 is 1.12 bits per heavy atom. The Kier molecular flexibility index (Phi) is 7.52. The molecule has 0 unspecified atom stereocenters. The number of nitrogens with one attached hydrogen (secondary N) is 1. The number of carbonyl (C=O) groups excluding carboxylic acids is 3. The monoisotopic (exact) mass is 458 g/mol. The first-order valence-electron chi connectivity index (χ1n) is 10.6. The van der Waals surface area contributed by atoms with Crippen LogP contribution in [0.25, 0.3) is 0 Å². The number of aryl methyl sites for hydroxylation is 1. The fourth-order valence-electron chi connectivity index (χ4n) is 3.79. The van der Waals surface area contributed by atoms with Crippen molar-refractivity contribution < 1.29 is 19.1 Å². The highest BCUT2D eigenvalue weighted by atomic mass is 32.1. The zero-order valence-electron chi connectivity index (χ0n) is 18.9. The summed E-state index contributed by atoms with van der Waals surface area (Å²) in [4.78, 5) is 41.7. The standard InChI is InChI=1S/C23H30N4O4S/c1-14(2)31-23(30)19-16(4)20(21(24)29)32-22(19)25-18(28)13-26-9-11-27(12-10-26)17-8-6-5-7-15(17)3/h5-8,14H,9-13H2,1-4H3,(H2,24,29)(H,25,28). The lowest BCUT2D eigenvalue weighted by Gasteiger charge is -2.36. The molecule has 9 heteroatoms. The highest BCUT2D eigenvalue weighted by Crippen LogP contribution is 2.33. The number of primary amides is 1. The van der Waals surface area contributed by atoms with Gasteiger partial charge in [0.15, 0.2) is 0 Å². The summed E-state index contributed by atoms with van der Waals surface area (Å²) in [5.74, 6) is -1.47. The number of nitrogens with two attached hydrogens (primary N) is 1.